The van der Waals surface area contributed by atoms with Gasteiger partial charge >= 0.3 is 0 Å². The molecule has 0 unspecified atom stereocenters. The van der Waals surface area contributed by atoms with Crippen LogP contribution >= 0.6 is 34.5 Å². The summed E-state index contributed by atoms with van der Waals surface area (Å²) in [6, 6.07) is 0. The van der Waals surface area contributed by atoms with E-state index in [1.807, 2.05) is 0 Å². The lowest BCUT2D eigenvalue weighted by Gasteiger charge is -2.15. The van der Waals surface area contributed by atoms with Crippen LogP contribution in [0.1, 0.15) is 31.5 Å². The largest absolute Gasteiger partial charge is 0.161 e. The zero-order valence-electron chi connectivity index (χ0n) is 9.19. The molecule has 0 saturated heterocycles. The van der Waals surface area contributed by atoms with Crippen LogP contribution in [0.2, 0.25) is 0 Å². The third-order valence-electron chi connectivity index (χ3n) is 1.97. The first-order chi connectivity index (χ1) is 7.52. The Balaban J connectivity index is 2.44. The minimum Gasteiger partial charge on any atom is -0.142 e. The van der Waals surface area contributed by atoms with E-state index >= 15 is 0 Å². The zero-order chi connectivity index (χ0) is 11.8. The van der Waals surface area contributed by atoms with Crippen LogP contribution in [0.15, 0.2) is 0 Å². The number of alkyl halides is 1. The first-order valence-electron chi connectivity index (χ1n) is 4.74. The molecule has 0 N–H and O–H groups in total. The summed E-state index contributed by atoms with van der Waals surface area (Å²) in [5, 5.41) is 14.0. The van der Waals surface area contributed by atoms with Gasteiger partial charge in [0, 0.05) is 5.41 Å². The molecular weight excluding hydrogens is 264 g/mol. The average Bonchev–Trinajstić information content (AvgIpc) is 2.84. The van der Waals surface area contributed by atoms with E-state index in [-0.39, 0.29) is 5.41 Å². The van der Waals surface area contributed by atoms with Gasteiger partial charge in [-0.15, -0.1) is 26.9 Å². The second-order valence-electron chi connectivity index (χ2n) is 4.34. The summed E-state index contributed by atoms with van der Waals surface area (Å²) >= 11 is 8.57. The van der Waals surface area contributed by atoms with E-state index in [9.17, 15) is 0 Å². The first kappa shape index (κ1) is 11.9. The van der Waals surface area contributed by atoms with Crippen molar-refractivity contribution in [3.8, 4) is 9.88 Å². The Hall–Kier alpha value is -0.590. The molecule has 0 aromatic carbocycles. The number of halogens is 1. The highest BCUT2D eigenvalue weighted by molar-refractivity contribution is 7.19. The van der Waals surface area contributed by atoms with E-state index in [2.05, 4.69) is 40.6 Å². The van der Waals surface area contributed by atoms with Gasteiger partial charge in [0.1, 0.15) is 9.88 Å². The van der Waals surface area contributed by atoms with Crippen molar-refractivity contribution in [2.75, 3.05) is 0 Å². The van der Waals surface area contributed by atoms with Gasteiger partial charge in [0.2, 0.25) is 0 Å². The fourth-order valence-electron chi connectivity index (χ4n) is 1.22. The molecule has 0 spiro atoms. The van der Waals surface area contributed by atoms with Crippen molar-refractivity contribution >= 4 is 34.5 Å². The molecule has 0 fully saturated rings. The molecule has 0 aliphatic carbocycles. The topological polar surface area (TPSA) is 51.6 Å². The molecule has 86 valence electrons. The van der Waals surface area contributed by atoms with Crippen molar-refractivity contribution in [3.05, 3.63) is 10.7 Å². The maximum Gasteiger partial charge on any atom is 0.161 e. The van der Waals surface area contributed by atoms with Gasteiger partial charge in [0.15, 0.2) is 5.01 Å². The Labute approximate surface area is 107 Å². The molecule has 0 atom stereocenters. The summed E-state index contributed by atoms with van der Waals surface area (Å²) in [6.07, 6.45) is 0. The van der Waals surface area contributed by atoms with Gasteiger partial charge in [-0.3, -0.25) is 0 Å². The Bertz CT molecular complexity index is 486. The second-order valence-corrected chi connectivity index (χ2v) is 6.42. The molecule has 2 rings (SSSR count). The normalized spacial score (nSPS) is 12.0. The lowest BCUT2D eigenvalue weighted by atomic mass is 9.91. The summed E-state index contributed by atoms with van der Waals surface area (Å²) in [5.41, 5.74) is 0.935. The number of rotatable bonds is 2. The van der Waals surface area contributed by atoms with Gasteiger partial charge in [-0.2, -0.15) is 0 Å². The van der Waals surface area contributed by atoms with Crippen molar-refractivity contribution in [1.29, 1.82) is 0 Å². The van der Waals surface area contributed by atoms with Gasteiger partial charge in [-0.1, -0.05) is 36.6 Å². The molecule has 0 amide bonds. The Morgan fingerprint density at radius 2 is 1.94 bits per heavy atom. The van der Waals surface area contributed by atoms with Gasteiger partial charge in [0.25, 0.3) is 0 Å². The van der Waals surface area contributed by atoms with E-state index in [0.717, 1.165) is 20.6 Å². The minimum atomic E-state index is -0.0326. The Morgan fingerprint density at radius 1 is 1.19 bits per heavy atom. The van der Waals surface area contributed by atoms with Crippen LogP contribution < -0.4 is 0 Å². The highest BCUT2D eigenvalue weighted by Gasteiger charge is 2.25. The monoisotopic (exact) mass is 274 g/mol. The molecule has 2 aromatic heterocycles. The van der Waals surface area contributed by atoms with E-state index in [4.69, 9.17) is 11.6 Å². The number of hydrogen-bond acceptors (Lipinski definition) is 6. The molecule has 0 radical (unpaired) electrons. The summed E-state index contributed by atoms with van der Waals surface area (Å²) in [5.74, 6) is 0.398. The third-order valence-corrected chi connectivity index (χ3v) is 4.19. The summed E-state index contributed by atoms with van der Waals surface area (Å²) in [6.45, 7) is 6.32. The fraction of sp³-hybridized carbons (Fsp3) is 0.556. The summed E-state index contributed by atoms with van der Waals surface area (Å²) in [4.78, 5) is 1.00. The molecule has 2 aromatic rings. The van der Waals surface area contributed by atoms with Crippen LogP contribution in [0.25, 0.3) is 9.88 Å². The number of aromatic nitrogens is 4. The Kier molecular flexibility index (Phi) is 3.23. The van der Waals surface area contributed by atoms with Crippen LogP contribution in [-0.4, -0.2) is 19.8 Å². The van der Waals surface area contributed by atoms with Crippen LogP contribution in [0, 0.1) is 0 Å². The molecule has 16 heavy (non-hydrogen) atoms. The second kappa shape index (κ2) is 4.35. The van der Waals surface area contributed by atoms with Crippen molar-refractivity contribution in [2.45, 2.75) is 32.1 Å². The molecule has 0 aliphatic heterocycles. The predicted octanol–water partition coefficient (Wildman–Crippen LogP) is 3.09. The Morgan fingerprint density at radius 3 is 2.50 bits per heavy atom. The number of nitrogens with zero attached hydrogens (tertiary/aromatic N) is 4. The fourth-order valence-corrected chi connectivity index (χ4v) is 3.06. The van der Waals surface area contributed by atoms with Crippen molar-refractivity contribution in [1.82, 2.24) is 19.8 Å². The van der Waals surface area contributed by atoms with Gasteiger partial charge < -0.3 is 0 Å². The van der Waals surface area contributed by atoms with E-state index in [1.165, 1.54) is 22.9 Å². The number of hydrogen-bond donors (Lipinski definition) is 0. The predicted molar refractivity (Wildman–Crippen MR) is 67.1 cm³/mol. The first-order valence-corrected chi connectivity index (χ1v) is 6.86. The quantitative estimate of drug-likeness (QED) is 0.790. The lowest BCUT2D eigenvalue weighted by molar-refractivity contribution is 0.568. The van der Waals surface area contributed by atoms with E-state index < -0.39 is 0 Å². The van der Waals surface area contributed by atoms with Gasteiger partial charge in [0.05, 0.1) is 11.6 Å². The standard InChI is InChI=1S/C9H11ClN4S2/c1-9(2,3)7-6(16-14-12-7)8-13-11-5(4-10)15-8/h4H2,1-3H3. The van der Waals surface area contributed by atoms with E-state index in [1.54, 1.807) is 0 Å². The van der Waals surface area contributed by atoms with Crippen LogP contribution in [-0.2, 0) is 11.3 Å². The van der Waals surface area contributed by atoms with Crippen LogP contribution in [0.3, 0.4) is 0 Å². The highest BCUT2D eigenvalue weighted by atomic mass is 35.5. The SMILES string of the molecule is CC(C)(C)c1nnsc1-c1nnc(CCl)s1. The van der Waals surface area contributed by atoms with Crippen molar-refractivity contribution in [3.63, 3.8) is 0 Å². The van der Waals surface area contributed by atoms with E-state index in [0.29, 0.717) is 5.88 Å². The smallest absolute Gasteiger partial charge is 0.142 e. The molecule has 4 nitrogen and oxygen atoms in total. The molecule has 7 heteroatoms. The maximum atomic E-state index is 5.71. The molecular formula is C9H11ClN4S2. The van der Waals surface area contributed by atoms with Crippen LogP contribution in [0.5, 0.6) is 0 Å². The zero-order valence-corrected chi connectivity index (χ0v) is 11.6. The molecule has 0 saturated carbocycles. The van der Waals surface area contributed by atoms with Crippen LogP contribution in [0.4, 0.5) is 0 Å². The molecule has 0 bridgehead atoms. The van der Waals surface area contributed by atoms with Gasteiger partial charge in [-0.25, -0.2) is 0 Å². The maximum absolute atomic E-state index is 5.71. The third kappa shape index (κ3) is 2.23. The average molecular weight is 275 g/mol. The van der Waals surface area contributed by atoms with Crippen molar-refractivity contribution < 1.29 is 0 Å². The lowest BCUT2D eigenvalue weighted by Crippen LogP contribution is -2.12. The summed E-state index contributed by atoms with van der Waals surface area (Å²) in [7, 11) is 0. The minimum absolute atomic E-state index is 0.0326. The molecule has 2 heterocycles. The summed E-state index contributed by atoms with van der Waals surface area (Å²) < 4.78 is 4.00. The van der Waals surface area contributed by atoms with Gasteiger partial charge in [-0.05, 0) is 11.5 Å². The highest BCUT2D eigenvalue weighted by Crippen LogP contribution is 2.35. The molecule has 0 aliphatic rings. The van der Waals surface area contributed by atoms with Crippen molar-refractivity contribution in [2.24, 2.45) is 0 Å².